The first-order valence-corrected chi connectivity index (χ1v) is 12.0. The van der Waals surface area contributed by atoms with Crippen LogP contribution in [0.5, 0.6) is 5.75 Å². The zero-order chi connectivity index (χ0) is 26.3. The van der Waals surface area contributed by atoms with Gasteiger partial charge in [-0.05, 0) is 66.1 Å². The van der Waals surface area contributed by atoms with E-state index in [0.717, 1.165) is 40.8 Å². The number of hydrogen-bond acceptors (Lipinski definition) is 7. The van der Waals surface area contributed by atoms with Crippen molar-refractivity contribution in [1.82, 2.24) is 19.9 Å². The van der Waals surface area contributed by atoms with Crippen molar-refractivity contribution in [2.24, 2.45) is 5.10 Å². The third-order valence-corrected chi connectivity index (χ3v) is 5.71. The van der Waals surface area contributed by atoms with E-state index in [9.17, 15) is 9.50 Å². The van der Waals surface area contributed by atoms with Crippen LogP contribution in [0.2, 0.25) is 0 Å². The van der Waals surface area contributed by atoms with Gasteiger partial charge in [0.25, 0.3) is 0 Å². The molecule has 9 heteroatoms. The number of nitrogens with two attached hydrogens (primary N) is 1. The number of halogens is 1. The average molecular weight is 507 g/mol. The minimum atomic E-state index is -0.536. The average Bonchev–Trinajstić information content (AvgIpc) is 2.95. The van der Waals surface area contributed by atoms with Gasteiger partial charge in [-0.3, -0.25) is 9.97 Å². The highest BCUT2D eigenvalue weighted by atomic mass is 19.1. The molecule has 3 aromatic heterocycles. The van der Waals surface area contributed by atoms with Crippen LogP contribution in [0.15, 0.2) is 96.4 Å². The summed E-state index contributed by atoms with van der Waals surface area (Å²) in [5.41, 5.74) is 7.25. The van der Waals surface area contributed by atoms with Crippen LogP contribution in [0.4, 0.5) is 21.7 Å². The minimum Gasteiger partial charge on any atom is -0.508 e. The molecule has 4 N–H and O–H groups in total. The van der Waals surface area contributed by atoms with Gasteiger partial charge in [-0.2, -0.15) is 15.4 Å². The van der Waals surface area contributed by atoms with Crippen LogP contribution in [0, 0.1) is 5.82 Å². The fourth-order valence-corrected chi connectivity index (χ4v) is 3.77. The minimum absolute atomic E-state index is 0.139. The van der Waals surface area contributed by atoms with Crippen molar-refractivity contribution < 1.29 is 14.9 Å². The van der Waals surface area contributed by atoms with Crippen LogP contribution in [-0.4, -0.2) is 31.3 Å². The van der Waals surface area contributed by atoms with Gasteiger partial charge < -0.3 is 10.4 Å². The third-order valence-electron chi connectivity index (χ3n) is 5.71. The Morgan fingerprint density at radius 3 is 2.47 bits per heavy atom. The Labute approximate surface area is 219 Å². The van der Waals surface area contributed by atoms with E-state index in [1.54, 1.807) is 30.6 Å². The molecule has 0 aliphatic heterocycles. The molecule has 0 spiro atoms. The standard InChI is InChI=1S/C29H24FN7O/c1-2-21-6-4-8-27(35-21)28-26(30)18-32-29(36-28)37-33-17-23-13-14-24(16-31-23)34-22-11-9-19(10-12-22)20-5-3-7-25(38)15-20/h3-18,34,38H,2H2,1H3,(H,32,36,37)/p+1/b33-17+. The Morgan fingerprint density at radius 1 is 0.895 bits per heavy atom. The summed E-state index contributed by atoms with van der Waals surface area (Å²) in [7, 11) is 0. The zero-order valence-corrected chi connectivity index (χ0v) is 20.6. The number of quaternary nitrogens is 1. The molecule has 0 aliphatic carbocycles. The van der Waals surface area contributed by atoms with Crippen LogP contribution in [0.25, 0.3) is 22.5 Å². The molecule has 0 fully saturated rings. The maximum absolute atomic E-state index is 14.3. The van der Waals surface area contributed by atoms with Gasteiger partial charge in [-0.25, -0.2) is 4.39 Å². The summed E-state index contributed by atoms with van der Waals surface area (Å²) < 4.78 is 14.3. The molecule has 5 aromatic rings. The number of anilines is 2. The van der Waals surface area contributed by atoms with E-state index >= 15 is 0 Å². The number of nitrogens with one attached hydrogen (secondary N) is 1. The van der Waals surface area contributed by atoms with Crippen molar-refractivity contribution in [3.8, 4) is 28.3 Å². The molecule has 0 unspecified atom stereocenters. The van der Waals surface area contributed by atoms with E-state index in [2.05, 4.69) is 30.4 Å². The lowest BCUT2D eigenvalue weighted by Crippen LogP contribution is -2.72. The Balaban J connectivity index is 1.21. The van der Waals surface area contributed by atoms with Gasteiger partial charge in [0.15, 0.2) is 5.82 Å². The number of phenols is 1. The topological polar surface area (TPSA) is 113 Å². The van der Waals surface area contributed by atoms with E-state index in [1.807, 2.05) is 67.6 Å². The van der Waals surface area contributed by atoms with Crippen molar-refractivity contribution >= 4 is 23.5 Å². The van der Waals surface area contributed by atoms with E-state index in [0.29, 0.717) is 11.4 Å². The first-order valence-electron chi connectivity index (χ1n) is 12.0. The lowest BCUT2D eigenvalue weighted by molar-refractivity contribution is -0.584. The van der Waals surface area contributed by atoms with Crippen LogP contribution in [0.3, 0.4) is 0 Å². The second kappa shape index (κ2) is 11.4. The van der Waals surface area contributed by atoms with Gasteiger partial charge in [-0.15, -0.1) is 0 Å². The summed E-state index contributed by atoms with van der Waals surface area (Å²) in [6.07, 6.45) is 5.16. The fourth-order valence-electron chi connectivity index (χ4n) is 3.77. The predicted molar refractivity (Wildman–Crippen MR) is 145 cm³/mol. The number of rotatable bonds is 8. The molecular formula is C29H25FN7O+. The quantitative estimate of drug-likeness (QED) is 0.155. The number of benzene rings is 2. The largest absolute Gasteiger partial charge is 0.508 e. The second-order valence-corrected chi connectivity index (χ2v) is 8.42. The van der Waals surface area contributed by atoms with E-state index in [4.69, 9.17) is 0 Å². The summed E-state index contributed by atoms with van der Waals surface area (Å²) >= 11 is 0. The van der Waals surface area contributed by atoms with Crippen molar-refractivity contribution in [3.63, 3.8) is 0 Å². The molecule has 0 amide bonds. The number of aromatic nitrogens is 4. The summed E-state index contributed by atoms with van der Waals surface area (Å²) in [6.45, 7) is 1.99. The molecule has 0 saturated heterocycles. The van der Waals surface area contributed by atoms with Gasteiger partial charge in [0, 0.05) is 11.4 Å². The van der Waals surface area contributed by atoms with E-state index in [-0.39, 0.29) is 17.4 Å². The number of aromatic hydroxyl groups is 1. The first-order chi connectivity index (χ1) is 18.6. The van der Waals surface area contributed by atoms with Crippen LogP contribution in [-0.2, 0) is 6.42 Å². The molecule has 8 nitrogen and oxygen atoms in total. The molecule has 0 radical (unpaired) electrons. The molecule has 188 valence electrons. The summed E-state index contributed by atoms with van der Waals surface area (Å²) in [6, 6.07) is 24.2. The molecular weight excluding hydrogens is 481 g/mol. The van der Waals surface area contributed by atoms with Gasteiger partial charge in [0.05, 0.1) is 29.5 Å². The SMILES string of the molecule is CCc1cccc(-c2nc([NH2+]/N=C/c3ccc(Nc4ccc(-c5cccc(O)c5)cc4)cn3)ncc2F)n1. The van der Waals surface area contributed by atoms with E-state index in [1.165, 1.54) is 5.43 Å². The zero-order valence-electron chi connectivity index (χ0n) is 20.6. The first kappa shape index (κ1) is 24.7. The number of hydrogen-bond donors (Lipinski definition) is 3. The van der Waals surface area contributed by atoms with E-state index < -0.39 is 5.82 Å². The van der Waals surface area contributed by atoms with Crippen molar-refractivity contribution in [3.05, 3.63) is 108 Å². The third kappa shape index (κ3) is 6.03. The summed E-state index contributed by atoms with van der Waals surface area (Å²) in [5.74, 6) is -0.0265. The highest BCUT2D eigenvalue weighted by molar-refractivity contribution is 5.77. The number of phenolic OH excluding ortho intramolecular Hbond substituents is 1. The number of aryl methyl sites for hydroxylation is 1. The highest BCUT2D eigenvalue weighted by Gasteiger charge is 2.13. The van der Waals surface area contributed by atoms with Crippen LogP contribution in [0.1, 0.15) is 18.3 Å². The lowest BCUT2D eigenvalue weighted by Gasteiger charge is -2.08. The fraction of sp³-hybridized carbons (Fsp3) is 0.0690. The molecule has 5 rings (SSSR count). The summed E-state index contributed by atoms with van der Waals surface area (Å²) in [5, 5.41) is 17.2. The van der Waals surface area contributed by atoms with Crippen molar-refractivity contribution in [1.29, 1.82) is 0 Å². The molecule has 0 atom stereocenters. The second-order valence-electron chi connectivity index (χ2n) is 8.42. The molecule has 0 saturated carbocycles. The highest BCUT2D eigenvalue weighted by Crippen LogP contribution is 2.25. The normalized spacial score (nSPS) is 11.1. The van der Waals surface area contributed by atoms with Gasteiger partial charge >= 0.3 is 5.95 Å². The maximum atomic E-state index is 14.3. The van der Waals surface area contributed by atoms with Crippen LogP contribution >= 0.6 is 0 Å². The van der Waals surface area contributed by atoms with Crippen molar-refractivity contribution in [2.45, 2.75) is 13.3 Å². The number of pyridine rings is 2. The van der Waals surface area contributed by atoms with Crippen LogP contribution < -0.4 is 10.7 Å². The Hall–Kier alpha value is -5.02. The molecule has 2 aromatic carbocycles. The molecule has 0 bridgehead atoms. The Bertz CT molecular complexity index is 1570. The Kier molecular flexibility index (Phi) is 7.37. The number of nitrogens with zero attached hydrogens (tertiary/aromatic N) is 5. The van der Waals surface area contributed by atoms with Gasteiger partial charge in [0.1, 0.15) is 17.7 Å². The maximum Gasteiger partial charge on any atom is 0.353 e. The summed E-state index contributed by atoms with van der Waals surface area (Å²) in [4.78, 5) is 17.1. The van der Waals surface area contributed by atoms with Gasteiger partial charge in [0.2, 0.25) is 0 Å². The molecule has 3 heterocycles. The molecule has 0 aliphatic rings. The predicted octanol–water partition coefficient (Wildman–Crippen LogP) is 4.98. The monoisotopic (exact) mass is 506 g/mol. The lowest BCUT2D eigenvalue weighted by atomic mass is 10.1. The Morgan fingerprint density at radius 2 is 1.71 bits per heavy atom. The van der Waals surface area contributed by atoms with Crippen molar-refractivity contribution in [2.75, 3.05) is 5.32 Å². The molecule has 38 heavy (non-hydrogen) atoms. The van der Waals surface area contributed by atoms with Gasteiger partial charge in [-0.1, -0.05) is 42.4 Å². The smallest absolute Gasteiger partial charge is 0.353 e.